The first-order chi connectivity index (χ1) is 11.7. The van der Waals surface area contributed by atoms with Crippen LogP contribution in [-0.2, 0) is 0 Å². The lowest BCUT2D eigenvalue weighted by Crippen LogP contribution is -2.45. The largest absolute Gasteiger partial charge is 0.369 e. The number of halogens is 1. The standard InChI is InChI=1S/C22H27BrN2/c1-14-7-8-20(19(23)9-14)24-13-17-11-18-16(3)12-22(4,5)25(6)21(18)10-15(17)2/h7-11,13,16H,12H2,1-6H3. The maximum Gasteiger partial charge on any atom is 0.0772 e. The fourth-order valence-corrected chi connectivity index (χ4v) is 4.32. The zero-order chi connectivity index (χ0) is 18.4. The number of benzene rings is 2. The molecule has 2 nitrogen and oxygen atoms in total. The first kappa shape index (κ1) is 18.2. The van der Waals surface area contributed by atoms with E-state index < -0.39 is 0 Å². The number of aryl methyl sites for hydroxylation is 2. The van der Waals surface area contributed by atoms with E-state index in [1.165, 1.54) is 34.4 Å². The zero-order valence-corrected chi connectivity index (χ0v) is 17.6. The first-order valence-electron chi connectivity index (χ1n) is 8.87. The molecule has 1 aliphatic rings. The van der Waals surface area contributed by atoms with Crippen LogP contribution in [0.4, 0.5) is 11.4 Å². The third kappa shape index (κ3) is 3.52. The van der Waals surface area contributed by atoms with Gasteiger partial charge in [0.2, 0.25) is 0 Å². The number of anilines is 1. The molecule has 1 aliphatic heterocycles. The lowest BCUT2D eigenvalue weighted by Gasteiger charge is -2.45. The van der Waals surface area contributed by atoms with E-state index in [9.17, 15) is 0 Å². The molecular weight excluding hydrogens is 372 g/mol. The number of hydrogen-bond acceptors (Lipinski definition) is 2. The van der Waals surface area contributed by atoms with E-state index in [-0.39, 0.29) is 5.54 Å². The SMILES string of the molecule is Cc1ccc(N=Cc2cc3c(cc2C)N(C)C(C)(C)CC3C)c(Br)c1. The van der Waals surface area contributed by atoms with Crippen molar-refractivity contribution in [2.45, 2.75) is 52.5 Å². The van der Waals surface area contributed by atoms with Crippen molar-refractivity contribution in [2.24, 2.45) is 4.99 Å². The number of fused-ring (bicyclic) bond motifs is 1. The molecule has 1 heterocycles. The van der Waals surface area contributed by atoms with Crippen molar-refractivity contribution < 1.29 is 0 Å². The summed E-state index contributed by atoms with van der Waals surface area (Å²) in [5, 5.41) is 0. The molecule has 0 spiro atoms. The number of hydrogen-bond donors (Lipinski definition) is 0. The molecule has 2 aromatic carbocycles. The Balaban J connectivity index is 1.99. The smallest absolute Gasteiger partial charge is 0.0772 e. The van der Waals surface area contributed by atoms with Gasteiger partial charge < -0.3 is 4.90 Å². The van der Waals surface area contributed by atoms with Crippen LogP contribution in [0.1, 0.15) is 55.4 Å². The highest BCUT2D eigenvalue weighted by molar-refractivity contribution is 9.10. The van der Waals surface area contributed by atoms with Crippen molar-refractivity contribution in [3.05, 3.63) is 57.1 Å². The first-order valence-corrected chi connectivity index (χ1v) is 9.67. The van der Waals surface area contributed by atoms with Crippen molar-refractivity contribution >= 4 is 33.5 Å². The number of aliphatic imine (C=N–C) groups is 1. The molecule has 132 valence electrons. The maximum atomic E-state index is 4.71. The molecule has 0 amide bonds. The maximum absolute atomic E-state index is 4.71. The van der Waals surface area contributed by atoms with E-state index in [1.807, 2.05) is 6.21 Å². The Morgan fingerprint density at radius 3 is 2.60 bits per heavy atom. The summed E-state index contributed by atoms with van der Waals surface area (Å²) in [4.78, 5) is 7.14. The van der Waals surface area contributed by atoms with E-state index in [4.69, 9.17) is 4.99 Å². The van der Waals surface area contributed by atoms with Gasteiger partial charge in [-0.3, -0.25) is 4.99 Å². The van der Waals surface area contributed by atoms with Crippen LogP contribution < -0.4 is 4.90 Å². The predicted molar refractivity (Wildman–Crippen MR) is 113 cm³/mol. The molecule has 0 saturated carbocycles. The number of rotatable bonds is 2. The van der Waals surface area contributed by atoms with Crippen molar-refractivity contribution in [1.82, 2.24) is 0 Å². The topological polar surface area (TPSA) is 15.6 Å². The van der Waals surface area contributed by atoms with E-state index in [0.717, 1.165) is 10.2 Å². The average molecular weight is 399 g/mol. The van der Waals surface area contributed by atoms with Crippen LogP contribution in [0.2, 0.25) is 0 Å². The van der Waals surface area contributed by atoms with Crippen LogP contribution in [0.3, 0.4) is 0 Å². The highest BCUT2D eigenvalue weighted by atomic mass is 79.9. The molecule has 3 rings (SSSR count). The third-order valence-electron chi connectivity index (χ3n) is 5.47. The molecule has 1 unspecified atom stereocenters. The van der Waals surface area contributed by atoms with Crippen LogP contribution in [0.5, 0.6) is 0 Å². The molecular formula is C22H27BrN2. The highest BCUT2D eigenvalue weighted by Crippen LogP contribution is 2.43. The van der Waals surface area contributed by atoms with Gasteiger partial charge in [0.05, 0.1) is 5.69 Å². The molecule has 25 heavy (non-hydrogen) atoms. The quantitative estimate of drug-likeness (QED) is 0.524. The minimum absolute atomic E-state index is 0.196. The lowest BCUT2D eigenvalue weighted by molar-refractivity contribution is 0.395. The van der Waals surface area contributed by atoms with E-state index >= 15 is 0 Å². The van der Waals surface area contributed by atoms with E-state index in [1.54, 1.807) is 0 Å². The molecule has 0 aliphatic carbocycles. The van der Waals surface area contributed by atoms with Gasteiger partial charge in [-0.15, -0.1) is 0 Å². The zero-order valence-electron chi connectivity index (χ0n) is 16.0. The molecule has 0 fully saturated rings. The molecule has 2 aromatic rings. The molecule has 1 atom stereocenters. The van der Waals surface area contributed by atoms with Gasteiger partial charge in [-0.05, 0) is 102 Å². The summed E-state index contributed by atoms with van der Waals surface area (Å²) in [6, 6.07) is 10.9. The molecule has 0 saturated heterocycles. The van der Waals surface area contributed by atoms with Crippen LogP contribution in [0.15, 0.2) is 39.8 Å². The van der Waals surface area contributed by atoms with Crippen molar-refractivity contribution in [3.63, 3.8) is 0 Å². The Labute approximate surface area is 160 Å². The van der Waals surface area contributed by atoms with Crippen LogP contribution >= 0.6 is 15.9 Å². The normalized spacial score (nSPS) is 19.3. The Morgan fingerprint density at radius 2 is 1.92 bits per heavy atom. The summed E-state index contributed by atoms with van der Waals surface area (Å²) in [5.41, 5.74) is 7.64. The minimum atomic E-state index is 0.196. The van der Waals surface area contributed by atoms with Crippen LogP contribution in [0, 0.1) is 13.8 Å². The van der Waals surface area contributed by atoms with Gasteiger partial charge in [-0.25, -0.2) is 0 Å². The second-order valence-electron chi connectivity index (χ2n) is 7.96. The van der Waals surface area contributed by atoms with Gasteiger partial charge in [0.15, 0.2) is 0 Å². The van der Waals surface area contributed by atoms with Gasteiger partial charge in [0.25, 0.3) is 0 Å². The van der Waals surface area contributed by atoms with Crippen LogP contribution in [-0.4, -0.2) is 18.8 Å². The summed E-state index contributed by atoms with van der Waals surface area (Å²) in [7, 11) is 2.21. The summed E-state index contributed by atoms with van der Waals surface area (Å²) in [6.07, 6.45) is 3.16. The van der Waals surface area contributed by atoms with Crippen molar-refractivity contribution in [3.8, 4) is 0 Å². The molecule has 0 aromatic heterocycles. The lowest BCUT2D eigenvalue weighted by atomic mass is 9.79. The molecule has 0 radical (unpaired) electrons. The Bertz CT molecular complexity index is 836. The Kier molecular flexibility index (Phi) is 4.80. The second kappa shape index (κ2) is 6.60. The average Bonchev–Trinajstić information content (AvgIpc) is 2.52. The molecule has 0 bridgehead atoms. The Morgan fingerprint density at radius 1 is 1.20 bits per heavy atom. The molecule has 0 N–H and O–H groups in total. The molecule has 3 heteroatoms. The van der Waals surface area contributed by atoms with E-state index in [2.05, 4.69) is 92.8 Å². The predicted octanol–water partition coefficient (Wildman–Crippen LogP) is 6.54. The van der Waals surface area contributed by atoms with Crippen molar-refractivity contribution in [1.29, 1.82) is 0 Å². The summed E-state index contributed by atoms with van der Waals surface area (Å²) in [5.74, 6) is 0.556. The monoisotopic (exact) mass is 398 g/mol. The number of nitrogens with zero attached hydrogens (tertiary/aromatic N) is 2. The summed E-state index contributed by atoms with van der Waals surface area (Å²) >= 11 is 3.61. The fourth-order valence-electron chi connectivity index (χ4n) is 3.73. The highest BCUT2D eigenvalue weighted by Gasteiger charge is 2.34. The minimum Gasteiger partial charge on any atom is -0.369 e. The van der Waals surface area contributed by atoms with E-state index in [0.29, 0.717) is 5.92 Å². The van der Waals surface area contributed by atoms with Gasteiger partial charge >= 0.3 is 0 Å². The van der Waals surface area contributed by atoms with Gasteiger partial charge in [-0.2, -0.15) is 0 Å². The Hall–Kier alpha value is -1.61. The third-order valence-corrected chi connectivity index (χ3v) is 6.10. The van der Waals surface area contributed by atoms with Crippen molar-refractivity contribution in [2.75, 3.05) is 11.9 Å². The van der Waals surface area contributed by atoms with Gasteiger partial charge in [0.1, 0.15) is 0 Å². The summed E-state index contributed by atoms with van der Waals surface area (Å²) < 4.78 is 1.04. The summed E-state index contributed by atoms with van der Waals surface area (Å²) in [6.45, 7) is 11.2. The fraction of sp³-hybridized carbons (Fsp3) is 0.409. The van der Waals surface area contributed by atoms with Crippen LogP contribution in [0.25, 0.3) is 0 Å². The van der Waals surface area contributed by atoms with Gasteiger partial charge in [0, 0.05) is 29.0 Å². The second-order valence-corrected chi connectivity index (χ2v) is 8.81. The van der Waals surface area contributed by atoms with Gasteiger partial charge in [-0.1, -0.05) is 13.0 Å².